The lowest BCUT2D eigenvalue weighted by Crippen LogP contribution is -2.33. The lowest BCUT2D eigenvalue weighted by molar-refractivity contribution is 0.668. The third-order valence-corrected chi connectivity index (χ3v) is 9.68. The van der Waals surface area contributed by atoms with Gasteiger partial charge in [-0.3, -0.25) is 0 Å². The minimum atomic E-state index is -0.325. The molecule has 10 rings (SSSR count). The SMILES string of the molecule is c1ccc(C2N=C(c3ccc4c(ccc5ccccc54)c3)N=C(c3cc(-c4ccc5ccccc5c4)cc4oc5ccccc5c34)N2)cc1. The van der Waals surface area contributed by atoms with E-state index in [1.54, 1.807) is 0 Å². The molecule has 0 fully saturated rings. The summed E-state index contributed by atoms with van der Waals surface area (Å²) in [4.78, 5) is 10.5. The predicted octanol–water partition coefficient (Wildman–Crippen LogP) is 11.2. The highest BCUT2D eigenvalue weighted by atomic mass is 16.3. The van der Waals surface area contributed by atoms with Crippen LogP contribution in [-0.4, -0.2) is 11.7 Å². The summed E-state index contributed by atoms with van der Waals surface area (Å²) in [6.45, 7) is 0. The largest absolute Gasteiger partial charge is 0.456 e. The average molecular weight is 628 g/mol. The molecule has 0 bridgehead atoms. The monoisotopic (exact) mass is 627 g/mol. The summed E-state index contributed by atoms with van der Waals surface area (Å²) in [6, 6.07) is 57.6. The van der Waals surface area contributed by atoms with E-state index in [0.717, 1.165) is 61.0 Å². The van der Waals surface area contributed by atoms with E-state index in [9.17, 15) is 0 Å². The van der Waals surface area contributed by atoms with Gasteiger partial charge < -0.3 is 9.73 Å². The molecule has 0 aliphatic carbocycles. The first-order valence-electron chi connectivity index (χ1n) is 16.6. The van der Waals surface area contributed by atoms with Gasteiger partial charge in [-0.15, -0.1) is 0 Å². The Kier molecular flexibility index (Phi) is 6.21. The standard InChI is InChI=1S/C45H29N3O/c1-2-12-30(13-3-1)43-46-44(34-22-23-37-33(25-34)21-19-29-11-6-7-15-36(29)37)48-45(47-43)39-26-35(32-20-18-28-10-4-5-14-31(28)24-32)27-41-42(39)38-16-8-9-17-40(38)49-41/h1-27,43H,(H,46,47,48). The molecule has 1 aromatic heterocycles. The first-order valence-corrected chi connectivity index (χ1v) is 16.6. The fourth-order valence-corrected chi connectivity index (χ4v) is 7.25. The van der Waals surface area contributed by atoms with E-state index in [0.29, 0.717) is 5.84 Å². The third kappa shape index (κ3) is 4.68. The number of aliphatic imine (C=N–C) groups is 2. The van der Waals surface area contributed by atoms with Gasteiger partial charge in [-0.1, -0.05) is 133 Å². The van der Waals surface area contributed by atoms with Crippen molar-refractivity contribution < 1.29 is 4.42 Å². The molecule has 8 aromatic carbocycles. The van der Waals surface area contributed by atoms with Crippen molar-refractivity contribution >= 4 is 65.9 Å². The molecule has 1 unspecified atom stereocenters. The number of amidine groups is 2. The molecule has 1 atom stereocenters. The fourth-order valence-electron chi connectivity index (χ4n) is 7.25. The molecule has 0 spiro atoms. The van der Waals surface area contributed by atoms with Crippen LogP contribution < -0.4 is 5.32 Å². The Balaban J connectivity index is 1.19. The Morgan fingerprint density at radius 3 is 2.04 bits per heavy atom. The van der Waals surface area contributed by atoms with Crippen molar-refractivity contribution in [3.8, 4) is 11.1 Å². The summed E-state index contributed by atoms with van der Waals surface area (Å²) in [5.41, 5.74) is 6.87. The summed E-state index contributed by atoms with van der Waals surface area (Å²) >= 11 is 0. The molecule has 230 valence electrons. The Labute approximate surface area is 282 Å². The van der Waals surface area contributed by atoms with Crippen LogP contribution in [-0.2, 0) is 0 Å². The first kappa shape index (κ1) is 27.6. The highest BCUT2D eigenvalue weighted by Crippen LogP contribution is 2.37. The number of hydrogen-bond acceptors (Lipinski definition) is 4. The summed E-state index contributed by atoms with van der Waals surface area (Å²) in [5, 5.41) is 13.1. The smallest absolute Gasteiger partial charge is 0.159 e. The maximum Gasteiger partial charge on any atom is 0.159 e. The number of nitrogens with zero attached hydrogens (tertiary/aromatic N) is 2. The molecule has 0 saturated carbocycles. The molecular weight excluding hydrogens is 599 g/mol. The minimum absolute atomic E-state index is 0.325. The number of rotatable bonds is 4. The van der Waals surface area contributed by atoms with Crippen LogP contribution in [0.3, 0.4) is 0 Å². The van der Waals surface area contributed by atoms with E-state index in [1.807, 2.05) is 18.2 Å². The van der Waals surface area contributed by atoms with Gasteiger partial charge in [0.15, 0.2) is 5.84 Å². The van der Waals surface area contributed by atoms with E-state index in [-0.39, 0.29) is 6.17 Å². The van der Waals surface area contributed by atoms with E-state index in [4.69, 9.17) is 14.4 Å². The number of para-hydroxylation sites is 1. The number of hydrogen-bond donors (Lipinski definition) is 1. The third-order valence-electron chi connectivity index (χ3n) is 9.68. The topological polar surface area (TPSA) is 49.9 Å². The van der Waals surface area contributed by atoms with Crippen molar-refractivity contribution in [2.75, 3.05) is 0 Å². The molecular formula is C45H29N3O. The van der Waals surface area contributed by atoms with Gasteiger partial charge in [0.2, 0.25) is 0 Å². The second-order valence-corrected chi connectivity index (χ2v) is 12.7. The predicted molar refractivity (Wildman–Crippen MR) is 204 cm³/mol. The molecule has 4 nitrogen and oxygen atoms in total. The summed E-state index contributed by atoms with van der Waals surface area (Å²) in [5.74, 6) is 1.45. The van der Waals surface area contributed by atoms with E-state index >= 15 is 0 Å². The van der Waals surface area contributed by atoms with Gasteiger partial charge in [0.1, 0.15) is 23.2 Å². The minimum Gasteiger partial charge on any atom is -0.456 e. The second kappa shape index (κ2) is 11.0. The van der Waals surface area contributed by atoms with Crippen LogP contribution in [0.5, 0.6) is 0 Å². The number of nitrogens with one attached hydrogen (secondary N) is 1. The van der Waals surface area contributed by atoms with Gasteiger partial charge >= 0.3 is 0 Å². The van der Waals surface area contributed by atoms with Crippen molar-refractivity contribution in [1.82, 2.24) is 5.32 Å². The van der Waals surface area contributed by atoms with Crippen LogP contribution in [0.15, 0.2) is 178 Å². The summed E-state index contributed by atoms with van der Waals surface area (Å²) in [7, 11) is 0. The fraction of sp³-hybridized carbons (Fsp3) is 0.0222. The van der Waals surface area contributed by atoms with Crippen LogP contribution in [0, 0.1) is 0 Å². The Hall–Kier alpha value is -6.52. The van der Waals surface area contributed by atoms with Gasteiger partial charge in [0.05, 0.1) is 0 Å². The zero-order valence-corrected chi connectivity index (χ0v) is 26.5. The summed E-state index contributed by atoms with van der Waals surface area (Å²) in [6.07, 6.45) is -0.325. The van der Waals surface area contributed by atoms with Crippen LogP contribution in [0.1, 0.15) is 22.9 Å². The van der Waals surface area contributed by atoms with Gasteiger partial charge in [0, 0.05) is 21.9 Å². The van der Waals surface area contributed by atoms with Crippen LogP contribution in [0.4, 0.5) is 0 Å². The van der Waals surface area contributed by atoms with Crippen molar-refractivity contribution in [2.24, 2.45) is 9.98 Å². The maximum atomic E-state index is 6.53. The van der Waals surface area contributed by atoms with Crippen molar-refractivity contribution in [2.45, 2.75) is 6.17 Å². The second-order valence-electron chi connectivity index (χ2n) is 12.7. The van der Waals surface area contributed by atoms with Gasteiger partial charge in [-0.2, -0.15) is 0 Å². The quantitative estimate of drug-likeness (QED) is 0.197. The molecule has 4 heteroatoms. The van der Waals surface area contributed by atoms with E-state index < -0.39 is 0 Å². The Morgan fingerprint density at radius 1 is 0.469 bits per heavy atom. The maximum absolute atomic E-state index is 6.53. The Bertz CT molecular complexity index is 2810. The normalized spacial score (nSPS) is 14.7. The first-order chi connectivity index (χ1) is 24.2. The van der Waals surface area contributed by atoms with Gasteiger partial charge in [-0.25, -0.2) is 9.98 Å². The molecule has 1 aliphatic rings. The van der Waals surface area contributed by atoms with E-state index in [1.165, 1.54) is 26.9 Å². The zero-order chi connectivity index (χ0) is 32.3. The number of fused-ring (bicyclic) bond motifs is 7. The van der Waals surface area contributed by atoms with E-state index in [2.05, 4.69) is 151 Å². The summed E-state index contributed by atoms with van der Waals surface area (Å²) < 4.78 is 6.53. The number of furan rings is 1. The molecule has 0 radical (unpaired) electrons. The molecule has 0 amide bonds. The number of benzene rings is 8. The van der Waals surface area contributed by atoms with Crippen LogP contribution in [0.2, 0.25) is 0 Å². The highest BCUT2D eigenvalue weighted by molar-refractivity contribution is 6.23. The molecule has 49 heavy (non-hydrogen) atoms. The lowest BCUT2D eigenvalue weighted by atomic mass is 9.96. The molecule has 2 heterocycles. The van der Waals surface area contributed by atoms with Crippen LogP contribution >= 0.6 is 0 Å². The molecule has 9 aromatic rings. The van der Waals surface area contributed by atoms with Crippen molar-refractivity contribution in [3.63, 3.8) is 0 Å². The molecule has 1 N–H and O–H groups in total. The highest BCUT2D eigenvalue weighted by Gasteiger charge is 2.25. The lowest BCUT2D eigenvalue weighted by Gasteiger charge is -2.24. The average Bonchev–Trinajstić information content (AvgIpc) is 3.56. The van der Waals surface area contributed by atoms with Gasteiger partial charge in [-0.05, 0) is 79.3 Å². The van der Waals surface area contributed by atoms with Crippen LogP contribution in [0.25, 0.3) is 65.4 Å². The Morgan fingerprint density at radius 2 is 1.14 bits per heavy atom. The molecule has 1 aliphatic heterocycles. The van der Waals surface area contributed by atoms with Crippen molar-refractivity contribution in [3.05, 3.63) is 180 Å². The van der Waals surface area contributed by atoms with Gasteiger partial charge in [0.25, 0.3) is 0 Å². The van der Waals surface area contributed by atoms with Crippen molar-refractivity contribution in [1.29, 1.82) is 0 Å². The zero-order valence-electron chi connectivity index (χ0n) is 26.5. The molecule has 0 saturated heterocycles.